The van der Waals surface area contributed by atoms with Gasteiger partial charge in [-0.1, -0.05) is 17.7 Å². The summed E-state index contributed by atoms with van der Waals surface area (Å²) in [4.78, 5) is 25.0. The van der Waals surface area contributed by atoms with Crippen LogP contribution in [-0.4, -0.2) is 54.6 Å². The van der Waals surface area contributed by atoms with Crippen LogP contribution in [-0.2, 0) is 4.74 Å². The molecule has 0 bridgehead atoms. The first-order chi connectivity index (χ1) is 12.9. The molecule has 0 spiro atoms. The average molecular weight is 390 g/mol. The fourth-order valence-corrected chi connectivity index (χ4v) is 3.62. The van der Waals surface area contributed by atoms with Crippen molar-refractivity contribution in [1.29, 1.82) is 0 Å². The fourth-order valence-electron chi connectivity index (χ4n) is 3.32. The Kier molecular flexibility index (Phi) is 5.82. The number of aromatic nitrogens is 2. The molecule has 3 rings (SSSR count). The first-order valence-corrected chi connectivity index (χ1v) is 9.22. The molecule has 0 aliphatic carbocycles. The van der Waals surface area contributed by atoms with Crippen molar-refractivity contribution >= 4 is 29.3 Å². The summed E-state index contributed by atoms with van der Waals surface area (Å²) in [5.41, 5.74) is 7.96. The zero-order chi connectivity index (χ0) is 19.6. The van der Waals surface area contributed by atoms with E-state index in [1.807, 2.05) is 13.0 Å². The van der Waals surface area contributed by atoms with E-state index in [9.17, 15) is 4.79 Å². The summed E-state index contributed by atoms with van der Waals surface area (Å²) in [6, 6.07) is 7.02. The van der Waals surface area contributed by atoms with Crippen molar-refractivity contribution in [2.24, 2.45) is 0 Å². The second-order valence-corrected chi connectivity index (χ2v) is 7.17. The SMILES string of the molecule is Cc1cc(N2CCCOCC2c2c(Cl)cccc2C(=O)N(C)C)nc(N)n1. The number of nitrogen functional groups attached to an aromatic ring is 1. The van der Waals surface area contributed by atoms with E-state index in [4.69, 9.17) is 22.1 Å². The minimum atomic E-state index is -0.256. The van der Waals surface area contributed by atoms with E-state index >= 15 is 0 Å². The van der Waals surface area contributed by atoms with Gasteiger partial charge >= 0.3 is 0 Å². The molecule has 144 valence electrons. The molecule has 1 aromatic heterocycles. The van der Waals surface area contributed by atoms with Gasteiger partial charge in [-0.3, -0.25) is 4.79 Å². The molecule has 1 aromatic carbocycles. The fraction of sp³-hybridized carbons (Fsp3) is 0.421. The summed E-state index contributed by atoms with van der Waals surface area (Å²) < 4.78 is 5.82. The molecule has 1 amide bonds. The van der Waals surface area contributed by atoms with Gasteiger partial charge < -0.3 is 20.3 Å². The summed E-state index contributed by atoms with van der Waals surface area (Å²) in [6.07, 6.45) is 0.834. The highest BCUT2D eigenvalue weighted by Crippen LogP contribution is 2.35. The molecule has 1 fully saturated rings. The van der Waals surface area contributed by atoms with Crippen LogP contribution in [0.5, 0.6) is 0 Å². The molecule has 1 aliphatic heterocycles. The van der Waals surface area contributed by atoms with E-state index in [2.05, 4.69) is 14.9 Å². The predicted octanol–water partition coefficient (Wildman–Crippen LogP) is 2.69. The number of carbonyl (C=O) groups is 1. The molecule has 8 heteroatoms. The Labute approximate surface area is 164 Å². The van der Waals surface area contributed by atoms with E-state index in [0.29, 0.717) is 36.2 Å². The van der Waals surface area contributed by atoms with Gasteiger partial charge in [-0.15, -0.1) is 0 Å². The maximum Gasteiger partial charge on any atom is 0.253 e. The summed E-state index contributed by atoms with van der Waals surface area (Å²) in [5, 5.41) is 0.530. The number of halogens is 1. The van der Waals surface area contributed by atoms with Crippen molar-refractivity contribution in [3.8, 4) is 0 Å². The number of anilines is 2. The lowest BCUT2D eigenvalue weighted by Crippen LogP contribution is -2.34. The van der Waals surface area contributed by atoms with Crippen LogP contribution < -0.4 is 10.6 Å². The third kappa shape index (κ3) is 4.14. The van der Waals surface area contributed by atoms with Crippen molar-refractivity contribution in [2.75, 3.05) is 44.5 Å². The highest BCUT2D eigenvalue weighted by atomic mass is 35.5. The summed E-state index contributed by atoms with van der Waals surface area (Å²) >= 11 is 6.57. The topological polar surface area (TPSA) is 84.6 Å². The van der Waals surface area contributed by atoms with Crippen LogP contribution >= 0.6 is 11.6 Å². The van der Waals surface area contributed by atoms with E-state index in [-0.39, 0.29) is 17.9 Å². The van der Waals surface area contributed by atoms with Gasteiger partial charge in [0.2, 0.25) is 5.95 Å². The minimum absolute atomic E-state index is 0.102. The molecule has 2 N–H and O–H groups in total. The number of amides is 1. The zero-order valence-corrected chi connectivity index (χ0v) is 16.5. The van der Waals surface area contributed by atoms with E-state index in [1.54, 1.807) is 37.2 Å². The average Bonchev–Trinajstić information content (AvgIpc) is 2.85. The molecular formula is C19H24ClN5O2. The van der Waals surface area contributed by atoms with Crippen LogP contribution in [0.1, 0.15) is 34.1 Å². The predicted molar refractivity (Wildman–Crippen MR) is 106 cm³/mol. The van der Waals surface area contributed by atoms with Gasteiger partial charge in [-0.2, -0.15) is 4.98 Å². The number of nitrogens with two attached hydrogens (primary N) is 1. The highest BCUT2D eigenvalue weighted by Gasteiger charge is 2.30. The second kappa shape index (κ2) is 8.10. The smallest absolute Gasteiger partial charge is 0.253 e. The number of aryl methyl sites for hydroxylation is 1. The van der Waals surface area contributed by atoms with Gasteiger partial charge in [-0.05, 0) is 25.5 Å². The Morgan fingerprint density at radius 1 is 1.37 bits per heavy atom. The van der Waals surface area contributed by atoms with Crippen LogP contribution in [0.2, 0.25) is 5.02 Å². The van der Waals surface area contributed by atoms with Crippen molar-refractivity contribution < 1.29 is 9.53 Å². The van der Waals surface area contributed by atoms with Crippen LogP contribution in [0.25, 0.3) is 0 Å². The van der Waals surface area contributed by atoms with Crippen LogP contribution in [0.4, 0.5) is 11.8 Å². The maximum atomic E-state index is 12.8. The highest BCUT2D eigenvalue weighted by molar-refractivity contribution is 6.32. The Balaban J connectivity index is 2.13. The molecule has 27 heavy (non-hydrogen) atoms. The molecule has 2 aromatic rings. The van der Waals surface area contributed by atoms with Crippen molar-refractivity contribution in [2.45, 2.75) is 19.4 Å². The number of rotatable bonds is 3. The largest absolute Gasteiger partial charge is 0.379 e. The van der Waals surface area contributed by atoms with Crippen molar-refractivity contribution in [3.05, 3.63) is 46.1 Å². The van der Waals surface area contributed by atoms with Gasteiger partial charge in [0.1, 0.15) is 5.82 Å². The van der Waals surface area contributed by atoms with E-state index < -0.39 is 0 Å². The lowest BCUT2D eigenvalue weighted by atomic mass is 9.98. The lowest BCUT2D eigenvalue weighted by Gasteiger charge is -2.33. The lowest BCUT2D eigenvalue weighted by molar-refractivity contribution is 0.0824. The molecular weight excluding hydrogens is 366 g/mol. The molecule has 1 unspecified atom stereocenters. The van der Waals surface area contributed by atoms with Crippen molar-refractivity contribution in [1.82, 2.24) is 14.9 Å². The number of benzene rings is 1. The Morgan fingerprint density at radius 2 is 2.15 bits per heavy atom. The Hall–Kier alpha value is -2.38. The van der Waals surface area contributed by atoms with E-state index in [0.717, 1.165) is 17.7 Å². The molecule has 1 atom stereocenters. The summed E-state index contributed by atoms with van der Waals surface area (Å²) in [5.74, 6) is 0.825. The number of nitrogens with zero attached hydrogens (tertiary/aromatic N) is 4. The molecule has 0 saturated carbocycles. The number of hydrogen-bond donors (Lipinski definition) is 1. The Morgan fingerprint density at radius 3 is 2.85 bits per heavy atom. The molecule has 1 aliphatic rings. The van der Waals surface area contributed by atoms with Gasteiger partial charge in [0.25, 0.3) is 5.91 Å². The first kappa shape index (κ1) is 19.4. The number of hydrogen-bond acceptors (Lipinski definition) is 6. The number of carbonyl (C=O) groups excluding carboxylic acids is 1. The third-order valence-electron chi connectivity index (χ3n) is 4.51. The molecule has 1 saturated heterocycles. The quantitative estimate of drug-likeness (QED) is 0.868. The summed E-state index contributed by atoms with van der Waals surface area (Å²) in [6.45, 7) is 3.62. The third-order valence-corrected chi connectivity index (χ3v) is 4.84. The monoisotopic (exact) mass is 389 g/mol. The minimum Gasteiger partial charge on any atom is -0.379 e. The summed E-state index contributed by atoms with van der Waals surface area (Å²) in [7, 11) is 3.45. The first-order valence-electron chi connectivity index (χ1n) is 8.84. The van der Waals surface area contributed by atoms with Gasteiger partial charge in [0, 0.05) is 55.2 Å². The molecule has 7 nitrogen and oxygen atoms in total. The van der Waals surface area contributed by atoms with Crippen molar-refractivity contribution in [3.63, 3.8) is 0 Å². The standard InChI is InChI=1S/C19H24ClN5O2/c1-12-10-16(23-19(21)22-12)25-8-5-9-27-11-15(25)17-13(18(26)24(2)3)6-4-7-14(17)20/h4,6-7,10,15H,5,8-9,11H2,1-3H3,(H2,21,22,23). The van der Waals surface area contributed by atoms with Gasteiger partial charge in [-0.25, -0.2) is 4.98 Å². The molecule has 0 radical (unpaired) electrons. The van der Waals surface area contributed by atoms with Crippen LogP contribution in [0.15, 0.2) is 24.3 Å². The van der Waals surface area contributed by atoms with Crippen LogP contribution in [0.3, 0.4) is 0 Å². The maximum absolute atomic E-state index is 12.8. The Bertz CT molecular complexity index is 823. The van der Waals surface area contributed by atoms with Gasteiger partial charge in [0.15, 0.2) is 0 Å². The van der Waals surface area contributed by atoms with E-state index in [1.165, 1.54) is 0 Å². The normalized spacial score (nSPS) is 17.5. The second-order valence-electron chi connectivity index (χ2n) is 6.76. The zero-order valence-electron chi connectivity index (χ0n) is 15.8. The molecule has 2 heterocycles. The number of ether oxygens (including phenoxy) is 1. The van der Waals surface area contributed by atoms with Gasteiger partial charge in [0.05, 0.1) is 12.6 Å². The van der Waals surface area contributed by atoms with Crippen LogP contribution in [0, 0.1) is 6.92 Å².